The Bertz CT molecular complexity index is 733. The highest BCUT2D eigenvalue weighted by Gasteiger charge is 2.34. The fourth-order valence-corrected chi connectivity index (χ4v) is 4.89. The largest absolute Gasteiger partial charge is 0.495 e. The summed E-state index contributed by atoms with van der Waals surface area (Å²) in [6.07, 6.45) is 0.932. The highest BCUT2D eigenvalue weighted by molar-refractivity contribution is 7.89. The molecule has 1 heterocycles. The van der Waals surface area contributed by atoms with Gasteiger partial charge >= 0.3 is 0 Å². The molecule has 9 heteroatoms. The zero-order chi connectivity index (χ0) is 19.3. The predicted molar refractivity (Wildman–Crippen MR) is 99.0 cm³/mol. The van der Waals surface area contributed by atoms with Crippen LogP contribution in [0.4, 0.5) is 0 Å². The second-order valence-electron chi connectivity index (χ2n) is 6.34. The first-order chi connectivity index (χ1) is 12.3. The van der Waals surface area contributed by atoms with Gasteiger partial charge in [-0.1, -0.05) is 11.6 Å². The second kappa shape index (κ2) is 9.03. The van der Waals surface area contributed by atoms with Crippen LogP contribution in [0.2, 0.25) is 5.02 Å². The lowest BCUT2D eigenvalue weighted by molar-refractivity contribution is -0.127. The van der Waals surface area contributed by atoms with E-state index in [9.17, 15) is 13.2 Å². The van der Waals surface area contributed by atoms with Crippen LogP contribution in [0.25, 0.3) is 0 Å². The van der Waals surface area contributed by atoms with E-state index in [0.29, 0.717) is 24.5 Å². The average molecular weight is 405 g/mol. The lowest BCUT2D eigenvalue weighted by Gasteiger charge is -2.31. The number of amides is 1. The molecule has 1 aromatic rings. The molecule has 1 aromatic carbocycles. The van der Waals surface area contributed by atoms with Crippen LogP contribution in [0.1, 0.15) is 19.8 Å². The normalized spacial score (nSPS) is 17.7. The number of nitrogens with one attached hydrogen (secondary N) is 1. The van der Waals surface area contributed by atoms with Crippen LogP contribution in [0.3, 0.4) is 0 Å². The third-order valence-electron chi connectivity index (χ3n) is 4.37. The lowest BCUT2D eigenvalue weighted by Crippen LogP contribution is -2.45. The smallest absolute Gasteiger partial charge is 0.246 e. The van der Waals surface area contributed by atoms with Crippen LogP contribution in [-0.4, -0.2) is 58.6 Å². The molecular weight excluding hydrogens is 380 g/mol. The number of methoxy groups -OCH3 is 2. The Balaban J connectivity index is 2.05. The van der Waals surface area contributed by atoms with Gasteiger partial charge in [0.15, 0.2) is 0 Å². The number of ether oxygens (including phenoxy) is 2. The number of rotatable bonds is 7. The number of nitrogens with zero attached hydrogens (tertiary/aromatic N) is 1. The Morgan fingerprint density at radius 2 is 2.00 bits per heavy atom. The van der Waals surface area contributed by atoms with E-state index in [-0.39, 0.29) is 41.6 Å². The third-order valence-corrected chi connectivity index (χ3v) is 6.53. The van der Waals surface area contributed by atoms with Gasteiger partial charge in [0.2, 0.25) is 15.9 Å². The fourth-order valence-electron chi connectivity index (χ4n) is 3.00. The monoisotopic (exact) mass is 404 g/mol. The zero-order valence-electron chi connectivity index (χ0n) is 15.2. The van der Waals surface area contributed by atoms with Gasteiger partial charge in [0.05, 0.1) is 13.7 Å². The van der Waals surface area contributed by atoms with Crippen molar-refractivity contribution in [3.63, 3.8) is 0 Å². The number of halogens is 1. The zero-order valence-corrected chi connectivity index (χ0v) is 16.8. The first-order valence-electron chi connectivity index (χ1n) is 8.42. The van der Waals surface area contributed by atoms with E-state index in [4.69, 9.17) is 21.1 Å². The number of piperidine rings is 1. The summed E-state index contributed by atoms with van der Waals surface area (Å²) in [5.74, 6) is -0.0170. The maximum absolute atomic E-state index is 12.9. The summed E-state index contributed by atoms with van der Waals surface area (Å²) < 4.78 is 37.4. The molecule has 1 aliphatic rings. The first kappa shape index (κ1) is 21.0. The van der Waals surface area contributed by atoms with Gasteiger partial charge in [-0.15, -0.1) is 0 Å². The summed E-state index contributed by atoms with van der Waals surface area (Å²) in [5, 5.41) is 3.22. The van der Waals surface area contributed by atoms with Crippen LogP contribution in [0.15, 0.2) is 23.1 Å². The number of carbonyl (C=O) groups excluding carboxylic acids is 1. The van der Waals surface area contributed by atoms with Crippen molar-refractivity contribution in [2.24, 2.45) is 5.92 Å². The Labute approximate surface area is 159 Å². The molecule has 1 fully saturated rings. The molecule has 2 rings (SSSR count). The van der Waals surface area contributed by atoms with Crippen molar-refractivity contribution in [2.75, 3.05) is 33.9 Å². The van der Waals surface area contributed by atoms with Gasteiger partial charge in [-0.05, 0) is 38.0 Å². The van der Waals surface area contributed by atoms with Crippen molar-refractivity contribution in [3.05, 3.63) is 23.2 Å². The maximum atomic E-state index is 12.9. The van der Waals surface area contributed by atoms with E-state index in [2.05, 4.69) is 5.32 Å². The van der Waals surface area contributed by atoms with Crippen LogP contribution in [-0.2, 0) is 19.6 Å². The molecule has 0 bridgehead atoms. The van der Waals surface area contributed by atoms with E-state index in [1.54, 1.807) is 13.2 Å². The summed E-state index contributed by atoms with van der Waals surface area (Å²) in [6.45, 7) is 2.85. The topological polar surface area (TPSA) is 84.9 Å². The van der Waals surface area contributed by atoms with Crippen LogP contribution in [0.5, 0.6) is 5.75 Å². The van der Waals surface area contributed by atoms with Gasteiger partial charge in [0, 0.05) is 37.2 Å². The quantitative estimate of drug-likeness (QED) is 0.750. The van der Waals surface area contributed by atoms with E-state index in [0.717, 1.165) is 0 Å². The standard InChI is InChI=1S/C17H25ClN2O5S/c1-12(11-24-2)19-17(21)13-6-8-20(9-7-13)26(22,23)16-10-14(18)4-5-15(16)25-3/h4-5,10,12-13H,6-9,11H2,1-3H3,(H,19,21)/t12-/m1/s1. The van der Waals surface area contributed by atoms with Gasteiger partial charge in [0.1, 0.15) is 10.6 Å². The molecule has 1 saturated heterocycles. The summed E-state index contributed by atoms with van der Waals surface area (Å²) >= 11 is 5.96. The van der Waals surface area contributed by atoms with E-state index >= 15 is 0 Å². The predicted octanol–water partition coefficient (Wildman–Crippen LogP) is 1.90. The molecule has 1 N–H and O–H groups in total. The molecule has 7 nitrogen and oxygen atoms in total. The van der Waals surface area contributed by atoms with E-state index in [1.807, 2.05) is 6.92 Å². The first-order valence-corrected chi connectivity index (χ1v) is 10.2. The molecule has 146 valence electrons. The van der Waals surface area contributed by atoms with Gasteiger partial charge in [0.25, 0.3) is 0 Å². The molecule has 0 unspecified atom stereocenters. The Morgan fingerprint density at radius 3 is 2.58 bits per heavy atom. The minimum atomic E-state index is -3.74. The SMILES string of the molecule is COC[C@@H](C)NC(=O)C1CCN(S(=O)(=O)c2cc(Cl)ccc2OC)CC1. The summed E-state index contributed by atoms with van der Waals surface area (Å²) in [5.41, 5.74) is 0. The molecule has 0 saturated carbocycles. The summed E-state index contributed by atoms with van der Waals surface area (Å²) in [4.78, 5) is 12.3. The minimum absolute atomic E-state index is 0.0455. The molecule has 0 radical (unpaired) electrons. The van der Waals surface area contributed by atoms with Crippen LogP contribution >= 0.6 is 11.6 Å². The van der Waals surface area contributed by atoms with Crippen molar-refractivity contribution in [1.82, 2.24) is 9.62 Å². The molecule has 1 amide bonds. The molecule has 0 aliphatic carbocycles. The molecule has 1 aliphatic heterocycles. The molecule has 0 aromatic heterocycles. The molecule has 0 spiro atoms. The van der Waals surface area contributed by atoms with Gasteiger partial charge in [-0.2, -0.15) is 4.31 Å². The van der Waals surface area contributed by atoms with Crippen LogP contribution < -0.4 is 10.1 Å². The maximum Gasteiger partial charge on any atom is 0.246 e. The molecule has 26 heavy (non-hydrogen) atoms. The van der Waals surface area contributed by atoms with Crippen molar-refractivity contribution in [1.29, 1.82) is 0 Å². The molecular formula is C17H25ClN2O5S. The fraction of sp³-hybridized carbons (Fsp3) is 0.588. The second-order valence-corrected chi connectivity index (χ2v) is 8.68. The van der Waals surface area contributed by atoms with Crippen molar-refractivity contribution in [2.45, 2.75) is 30.7 Å². The number of hydrogen-bond donors (Lipinski definition) is 1. The van der Waals surface area contributed by atoms with Gasteiger partial charge in [-0.3, -0.25) is 4.79 Å². The van der Waals surface area contributed by atoms with Crippen LogP contribution in [0, 0.1) is 5.92 Å². The van der Waals surface area contributed by atoms with Crippen molar-refractivity contribution < 1.29 is 22.7 Å². The lowest BCUT2D eigenvalue weighted by atomic mass is 9.97. The summed E-state index contributed by atoms with van der Waals surface area (Å²) in [7, 11) is -0.740. The number of hydrogen-bond acceptors (Lipinski definition) is 5. The Morgan fingerprint density at radius 1 is 1.35 bits per heavy atom. The van der Waals surface area contributed by atoms with Crippen molar-refractivity contribution >= 4 is 27.5 Å². The summed E-state index contributed by atoms with van der Waals surface area (Å²) in [6, 6.07) is 4.43. The third kappa shape index (κ3) is 4.88. The van der Waals surface area contributed by atoms with Gasteiger partial charge < -0.3 is 14.8 Å². The number of carbonyl (C=O) groups is 1. The highest BCUT2D eigenvalue weighted by Crippen LogP contribution is 2.31. The van der Waals surface area contributed by atoms with Gasteiger partial charge in [-0.25, -0.2) is 8.42 Å². The van der Waals surface area contributed by atoms with Crippen molar-refractivity contribution in [3.8, 4) is 5.75 Å². The highest BCUT2D eigenvalue weighted by atomic mass is 35.5. The van der Waals surface area contributed by atoms with E-state index in [1.165, 1.54) is 23.5 Å². The number of benzene rings is 1. The Kier molecular flexibility index (Phi) is 7.28. The van der Waals surface area contributed by atoms with E-state index < -0.39 is 10.0 Å². The Hall–Kier alpha value is -1.35. The average Bonchev–Trinajstić information content (AvgIpc) is 2.62. The number of sulfonamides is 1. The minimum Gasteiger partial charge on any atom is -0.495 e. The molecule has 1 atom stereocenters.